The van der Waals surface area contributed by atoms with Crippen molar-refractivity contribution in [1.82, 2.24) is 0 Å². The van der Waals surface area contributed by atoms with E-state index in [9.17, 15) is 5.11 Å². The predicted molar refractivity (Wildman–Crippen MR) is 91.8 cm³/mol. The topological polar surface area (TPSA) is 20.2 Å². The lowest BCUT2D eigenvalue weighted by molar-refractivity contribution is -0.261. The predicted octanol–water partition coefficient (Wildman–Crippen LogP) is 5.17. The van der Waals surface area contributed by atoms with Gasteiger partial charge in [0.2, 0.25) is 0 Å². The van der Waals surface area contributed by atoms with Crippen molar-refractivity contribution in [2.45, 2.75) is 89.6 Å². The molecular weight excluding hydrogens is 280 g/mol. The Bertz CT molecular complexity index is 414. The summed E-state index contributed by atoms with van der Waals surface area (Å²) in [5.41, 5.74) is 0.215. The van der Waals surface area contributed by atoms with Gasteiger partial charge in [0.15, 0.2) is 0 Å². The molecule has 8 saturated carbocycles. The fourth-order valence-corrected chi connectivity index (χ4v) is 9.98. The van der Waals surface area contributed by atoms with Gasteiger partial charge in [0.05, 0.1) is 5.60 Å². The van der Waals surface area contributed by atoms with Crippen LogP contribution in [-0.4, -0.2) is 10.7 Å². The lowest BCUT2D eigenvalue weighted by Crippen LogP contribution is -2.67. The first-order chi connectivity index (χ1) is 11.0. The minimum Gasteiger partial charge on any atom is -0.389 e. The Morgan fingerprint density at radius 1 is 0.565 bits per heavy atom. The van der Waals surface area contributed by atoms with E-state index in [0.717, 1.165) is 35.5 Å². The first-order valence-electron chi connectivity index (χ1n) is 10.7. The van der Waals surface area contributed by atoms with E-state index in [-0.39, 0.29) is 5.60 Å². The molecule has 0 aromatic rings. The van der Waals surface area contributed by atoms with E-state index in [4.69, 9.17) is 0 Å². The maximum absolute atomic E-state index is 12.2. The Hall–Kier alpha value is -0.0400. The molecule has 1 N–H and O–H groups in total. The van der Waals surface area contributed by atoms with Crippen molar-refractivity contribution in [2.75, 3.05) is 0 Å². The fraction of sp³-hybridized carbons (Fsp3) is 1.00. The van der Waals surface area contributed by atoms with E-state index < -0.39 is 0 Å². The van der Waals surface area contributed by atoms with Gasteiger partial charge < -0.3 is 5.11 Å². The van der Waals surface area contributed by atoms with Crippen LogP contribution in [0.3, 0.4) is 0 Å². The third-order valence-electron chi connectivity index (χ3n) is 10.1. The van der Waals surface area contributed by atoms with Crippen molar-refractivity contribution in [2.24, 2.45) is 46.3 Å². The average Bonchev–Trinajstić information content (AvgIpc) is 2.44. The van der Waals surface area contributed by atoms with Crippen molar-refractivity contribution in [3.8, 4) is 0 Å². The molecule has 8 fully saturated rings. The Kier molecular flexibility index (Phi) is 2.58. The van der Waals surface area contributed by atoms with Crippen molar-refractivity contribution >= 4 is 0 Å². The highest BCUT2D eigenvalue weighted by Crippen LogP contribution is 2.72. The van der Waals surface area contributed by atoms with E-state index >= 15 is 0 Å². The first kappa shape index (κ1) is 14.2. The van der Waals surface area contributed by atoms with E-state index in [2.05, 4.69) is 6.92 Å². The Morgan fingerprint density at radius 2 is 0.783 bits per heavy atom. The van der Waals surface area contributed by atoms with Crippen LogP contribution in [0.1, 0.15) is 84.0 Å². The second kappa shape index (κ2) is 4.19. The third-order valence-corrected chi connectivity index (χ3v) is 10.1. The minimum atomic E-state index is -0.383. The number of aliphatic hydroxyl groups is 1. The molecule has 0 aromatic carbocycles. The molecular formula is C22H34O. The van der Waals surface area contributed by atoms with E-state index in [1.807, 2.05) is 0 Å². The van der Waals surface area contributed by atoms with Gasteiger partial charge in [-0.2, -0.15) is 0 Å². The first-order valence-corrected chi connectivity index (χ1v) is 10.7. The van der Waals surface area contributed by atoms with Crippen molar-refractivity contribution in [3.05, 3.63) is 0 Å². The third kappa shape index (κ3) is 1.69. The molecule has 1 nitrogen and oxygen atoms in total. The largest absolute Gasteiger partial charge is 0.389 e. The van der Waals surface area contributed by atoms with Gasteiger partial charge in [-0.15, -0.1) is 0 Å². The quantitative estimate of drug-likeness (QED) is 0.745. The van der Waals surface area contributed by atoms with Crippen LogP contribution in [0, 0.1) is 46.3 Å². The molecule has 128 valence electrons. The molecule has 1 heteroatoms. The van der Waals surface area contributed by atoms with Gasteiger partial charge in [0.25, 0.3) is 0 Å². The molecule has 0 radical (unpaired) electrons. The fourth-order valence-electron chi connectivity index (χ4n) is 9.98. The van der Waals surface area contributed by atoms with Crippen LogP contribution in [0.15, 0.2) is 0 Å². The second-order valence-electron chi connectivity index (χ2n) is 11.5. The molecule has 0 aromatic heterocycles. The molecule has 0 amide bonds. The summed E-state index contributed by atoms with van der Waals surface area (Å²) in [7, 11) is 0. The highest BCUT2D eigenvalue weighted by atomic mass is 16.3. The Labute approximate surface area is 141 Å². The van der Waals surface area contributed by atoms with Crippen LogP contribution in [0.4, 0.5) is 0 Å². The Balaban J connectivity index is 1.41. The molecule has 0 heterocycles. The summed E-state index contributed by atoms with van der Waals surface area (Å²) in [6.07, 6.45) is 17.2. The molecule has 8 bridgehead atoms. The van der Waals surface area contributed by atoms with Gasteiger partial charge in [-0.25, -0.2) is 0 Å². The monoisotopic (exact) mass is 314 g/mol. The van der Waals surface area contributed by atoms with Gasteiger partial charge in [-0.3, -0.25) is 0 Å². The molecule has 0 aliphatic heterocycles. The smallest absolute Gasteiger partial charge is 0.0732 e. The molecule has 0 spiro atoms. The molecule has 0 atom stereocenters. The van der Waals surface area contributed by atoms with Crippen LogP contribution in [0.5, 0.6) is 0 Å². The summed E-state index contributed by atoms with van der Waals surface area (Å²) in [6.45, 7) is 2.34. The summed E-state index contributed by atoms with van der Waals surface area (Å²) in [5, 5.41) is 12.2. The molecule has 8 aliphatic carbocycles. The number of rotatable bonds is 2. The highest BCUT2D eigenvalue weighted by molar-refractivity contribution is 5.18. The average molecular weight is 315 g/mol. The summed E-state index contributed by atoms with van der Waals surface area (Å²) in [5.74, 6) is 5.76. The zero-order chi connectivity index (χ0) is 15.4. The summed E-state index contributed by atoms with van der Waals surface area (Å²) < 4.78 is 0. The summed E-state index contributed by atoms with van der Waals surface area (Å²) in [6, 6.07) is 0. The lowest BCUT2D eigenvalue weighted by Gasteiger charge is -2.70. The lowest BCUT2D eigenvalue weighted by atomic mass is 9.37. The standard InChI is InChI=1S/C22H34O/c1-20(23,21-8-14-2-15(9-21)4-16(3-14)10-21)22-11-17-5-18(12-22)7-19(6-17)13-22/h14-19,23H,2-13H2,1H3. The highest BCUT2D eigenvalue weighted by Gasteiger charge is 2.67. The van der Waals surface area contributed by atoms with Crippen LogP contribution in [0.2, 0.25) is 0 Å². The molecule has 23 heavy (non-hydrogen) atoms. The van der Waals surface area contributed by atoms with Gasteiger partial charge in [0.1, 0.15) is 0 Å². The van der Waals surface area contributed by atoms with Crippen LogP contribution in [-0.2, 0) is 0 Å². The maximum atomic E-state index is 12.2. The van der Waals surface area contributed by atoms with E-state index in [1.165, 1.54) is 77.0 Å². The minimum absolute atomic E-state index is 0.299. The summed E-state index contributed by atoms with van der Waals surface area (Å²) >= 11 is 0. The van der Waals surface area contributed by atoms with Crippen LogP contribution >= 0.6 is 0 Å². The van der Waals surface area contributed by atoms with E-state index in [0.29, 0.717) is 10.8 Å². The Morgan fingerprint density at radius 3 is 1.00 bits per heavy atom. The van der Waals surface area contributed by atoms with Crippen molar-refractivity contribution in [1.29, 1.82) is 0 Å². The van der Waals surface area contributed by atoms with Gasteiger partial charge in [-0.05, 0) is 119 Å². The molecule has 0 saturated heterocycles. The maximum Gasteiger partial charge on any atom is 0.0732 e. The zero-order valence-corrected chi connectivity index (χ0v) is 14.9. The molecule has 8 rings (SSSR count). The van der Waals surface area contributed by atoms with Gasteiger partial charge >= 0.3 is 0 Å². The van der Waals surface area contributed by atoms with Crippen molar-refractivity contribution < 1.29 is 5.11 Å². The van der Waals surface area contributed by atoms with Crippen molar-refractivity contribution in [3.63, 3.8) is 0 Å². The van der Waals surface area contributed by atoms with E-state index in [1.54, 1.807) is 0 Å². The van der Waals surface area contributed by atoms with Crippen LogP contribution in [0.25, 0.3) is 0 Å². The second-order valence-corrected chi connectivity index (χ2v) is 11.5. The van der Waals surface area contributed by atoms with Gasteiger partial charge in [-0.1, -0.05) is 0 Å². The number of hydrogen-bond acceptors (Lipinski definition) is 1. The zero-order valence-electron chi connectivity index (χ0n) is 14.9. The number of hydrogen-bond donors (Lipinski definition) is 1. The summed E-state index contributed by atoms with van der Waals surface area (Å²) in [4.78, 5) is 0. The molecule has 0 unspecified atom stereocenters. The molecule has 8 aliphatic rings. The van der Waals surface area contributed by atoms with Crippen LogP contribution < -0.4 is 0 Å². The van der Waals surface area contributed by atoms with Gasteiger partial charge in [0, 0.05) is 10.8 Å². The SMILES string of the molecule is CC(O)(C12CC3CC(CC(C3)C1)C2)C12CC3CC(CC(C3)C1)C2. The normalized spacial score (nSPS) is 61.8.